The first kappa shape index (κ1) is 10.6. The molecule has 10 heavy (non-hydrogen) atoms. The van der Waals surface area contributed by atoms with Crippen LogP contribution < -0.4 is 0 Å². The Kier molecular flexibility index (Phi) is 4.77. The van der Waals surface area contributed by atoms with Crippen LogP contribution in [0.3, 0.4) is 0 Å². The van der Waals surface area contributed by atoms with E-state index in [4.69, 9.17) is 29.8 Å². The van der Waals surface area contributed by atoms with Crippen LogP contribution in [0.4, 0.5) is 0 Å². The number of rotatable bonds is 3. The maximum atomic E-state index is 8.54. The lowest BCUT2D eigenvalue weighted by atomic mass is 10.8. The third kappa shape index (κ3) is 3.14. The number of hydrogen-bond acceptors (Lipinski definition) is 6. The average molecular weight is 190 g/mol. The molecular formula is C2H8O6P2. The SMILES string of the molecule is OC(C(O)P(O)O)P(O)O. The zero-order valence-electron chi connectivity index (χ0n) is 4.73. The van der Waals surface area contributed by atoms with Crippen molar-refractivity contribution in [2.75, 3.05) is 0 Å². The van der Waals surface area contributed by atoms with E-state index in [-0.39, 0.29) is 0 Å². The molecule has 8 heteroatoms. The molecule has 2 unspecified atom stereocenters. The Morgan fingerprint density at radius 1 is 0.700 bits per heavy atom. The summed E-state index contributed by atoms with van der Waals surface area (Å²) in [5.74, 6) is -3.76. The van der Waals surface area contributed by atoms with Crippen molar-refractivity contribution >= 4 is 16.8 Å². The Hall–Kier alpha value is 0.620. The summed E-state index contributed by atoms with van der Waals surface area (Å²) in [5, 5.41) is 17.1. The third-order valence-electron chi connectivity index (χ3n) is 0.740. The second kappa shape index (κ2) is 4.49. The molecule has 0 bridgehead atoms. The van der Waals surface area contributed by atoms with Gasteiger partial charge in [-0.1, -0.05) is 0 Å². The van der Waals surface area contributed by atoms with Crippen molar-refractivity contribution in [3.05, 3.63) is 0 Å². The molecule has 0 aromatic carbocycles. The maximum absolute atomic E-state index is 8.54. The van der Waals surface area contributed by atoms with Gasteiger partial charge in [0.1, 0.15) is 0 Å². The molecule has 62 valence electrons. The van der Waals surface area contributed by atoms with Gasteiger partial charge in [0.25, 0.3) is 0 Å². The quantitative estimate of drug-likeness (QED) is 0.292. The molecule has 6 N–H and O–H groups in total. The molecule has 0 saturated carbocycles. The summed E-state index contributed by atoms with van der Waals surface area (Å²) >= 11 is 0. The van der Waals surface area contributed by atoms with Gasteiger partial charge in [-0.3, -0.25) is 0 Å². The van der Waals surface area contributed by atoms with Crippen molar-refractivity contribution in [1.29, 1.82) is 0 Å². The molecule has 0 radical (unpaired) electrons. The highest BCUT2D eigenvalue weighted by molar-refractivity contribution is 7.50. The van der Waals surface area contributed by atoms with Gasteiger partial charge >= 0.3 is 0 Å². The predicted molar refractivity (Wildman–Crippen MR) is 34.7 cm³/mol. The van der Waals surface area contributed by atoms with Crippen LogP contribution in [0, 0.1) is 0 Å². The minimum atomic E-state index is -2.73. The van der Waals surface area contributed by atoms with E-state index in [0.29, 0.717) is 0 Å². The molecule has 0 fully saturated rings. The molecule has 6 nitrogen and oxygen atoms in total. The van der Waals surface area contributed by atoms with E-state index in [1.54, 1.807) is 0 Å². The highest BCUT2D eigenvalue weighted by Crippen LogP contribution is 2.41. The van der Waals surface area contributed by atoms with Gasteiger partial charge in [-0.2, -0.15) is 0 Å². The van der Waals surface area contributed by atoms with Gasteiger partial charge in [-0.15, -0.1) is 0 Å². The lowest BCUT2D eigenvalue weighted by Gasteiger charge is -2.18. The number of aliphatic hydroxyl groups excluding tert-OH is 2. The van der Waals surface area contributed by atoms with Crippen molar-refractivity contribution in [2.45, 2.75) is 11.7 Å². The summed E-state index contributed by atoms with van der Waals surface area (Å²) in [4.78, 5) is 33.0. The van der Waals surface area contributed by atoms with Gasteiger partial charge < -0.3 is 29.8 Å². The summed E-state index contributed by atoms with van der Waals surface area (Å²) in [6.07, 6.45) is 0. The molecule has 0 aliphatic heterocycles. The van der Waals surface area contributed by atoms with E-state index in [9.17, 15) is 0 Å². The fourth-order valence-electron chi connectivity index (χ4n) is 0.239. The van der Waals surface area contributed by atoms with Gasteiger partial charge in [0.15, 0.2) is 28.4 Å². The first-order valence-electron chi connectivity index (χ1n) is 2.17. The van der Waals surface area contributed by atoms with E-state index < -0.39 is 28.4 Å². The second-order valence-electron chi connectivity index (χ2n) is 1.47. The lowest BCUT2D eigenvalue weighted by molar-refractivity contribution is 0.101. The Morgan fingerprint density at radius 3 is 1.00 bits per heavy atom. The Bertz CT molecular complexity index is 83.7. The predicted octanol–water partition coefficient (Wildman–Crippen LogP) is -1.78. The minimum Gasteiger partial charge on any atom is -0.380 e. The summed E-state index contributed by atoms with van der Waals surface area (Å²) in [5.41, 5.74) is 0. The Morgan fingerprint density at radius 2 is 0.900 bits per heavy atom. The van der Waals surface area contributed by atoms with Crippen molar-refractivity contribution in [2.24, 2.45) is 0 Å². The highest BCUT2D eigenvalue weighted by atomic mass is 31.2. The molecule has 0 rings (SSSR count). The monoisotopic (exact) mass is 190 g/mol. The van der Waals surface area contributed by atoms with Gasteiger partial charge in [-0.25, -0.2) is 0 Å². The summed E-state index contributed by atoms with van der Waals surface area (Å²) < 4.78 is 0. The zero-order chi connectivity index (χ0) is 8.31. The summed E-state index contributed by atoms with van der Waals surface area (Å²) in [7, 11) is -5.46. The molecule has 0 aliphatic carbocycles. The Labute approximate surface area is 59.2 Å². The van der Waals surface area contributed by atoms with E-state index in [1.165, 1.54) is 0 Å². The largest absolute Gasteiger partial charge is 0.380 e. The van der Waals surface area contributed by atoms with Crippen LogP contribution >= 0.6 is 16.8 Å². The molecule has 0 aromatic rings. The van der Waals surface area contributed by atoms with Crippen LogP contribution in [-0.4, -0.2) is 41.5 Å². The Balaban J connectivity index is 3.81. The van der Waals surface area contributed by atoms with Crippen LogP contribution in [0.2, 0.25) is 0 Å². The normalized spacial score (nSPS) is 18.0. The van der Waals surface area contributed by atoms with E-state index in [0.717, 1.165) is 0 Å². The smallest absolute Gasteiger partial charge is 0.199 e. The summed E-state index contributed by atoms with van der Waals surface area (Å²) in [6.45, 7) is 0. The highest BCUT2D eigenvalue weighted by Gasteiger charge is 2.29. The van der Waals surface area contributed by atoms with Gasteiger partial charge in [-0.05, 0) is 0 Å². The van der Waals surface area contributed by atoms with Gasteiger partial charge in [0.05, 0.1) is 0 Å². The fraction of sp³-hybridized carbons (Fsp3) is 1.00. The van der Waals surface area contributed by atoms with Crippen LogP contribution in [0.25, 0.3) is 0 Å². The molecule has 2 atom stereocenters. The second-order valence-corrected chi connectivity index (χ2v) is 3.81. The van der Waals surface area contributed by atoms with Crippen LogP contribution in [0.1, 0.15) is 0 Å². The third-order valence-corrected chi connectivity index (χ3v) is 2.49. The lowest BCUT2D eigenvalue weighted by Crippen LogP contribution is -2.21. The minimum absolute atomic E-state index is 1.88. The molecule has 0 heterocycles. The van der Waals surface area contributed by atoms with E-state index in [2.05, 4.69) is 0 Å². The first-order valence-corrected chi connectivity index (χ1v) is 4.80. The molecule has 0 aromatic heterocycles. The molecule has 0 amide bonds. The van der Waals surface area contributed by atoms with Crippen LogP contribution in [-0.2, 0) is 0 Å². The van der Waals surface area contributed by atoms with Crippen molar-refractivity contribution in [1.82, 2.24) is 0 Å². The van der Waals surface area contributed by atoms with E-state index in [1.807, 2.05) is 0 Å². The average Bonchev–Trinajstić information content (AvgIpc) is 1.84. The van der Waals surface area contributed by atoms with Gasteiger partial charge in [0, 0.05) is 0 Å². The molecule has 0 aliphatic rings. The molecular weight excluding hydrogens is 182 g/mol. The summed E-state index contributed by atoms with van der Waals surface area (Å²) in [6, 6.07) is 0. The number of hydrogen-bond donors (Lipinski definition) is 6. The van der Waals surface area contributed by atoms with Crippen molar-refractivity contribution in [3.63, 3.8) is 0 Å². The van der Waals surface area contributed by atoms with Crippen LogP contribution in [0.15, 0.2) is 0 Å². The fourth-order valence-corrected chi connectivity index (χ4v) is 1.43. The van der Waals surface area contributed by atoms with Crippen molar-refractivity contribution in [3.8, 4) is 0 Å². The molecule has 0 saturated heterocycles. The molecule has 0 spiro atoms. The standard InChI is InChI=1S/C2H8O6P2/c3-1(9(5)6)2(4)10(7)8/h1-8H. The maximum Gasteiger partial charge on any atom is 0.199 e. The zero-order valence-corrected chi connectivity index (χ0v) is 6.52. The first-order chi connectivity index (χ1) is 4.46. The topological polar surface area (TPSA) is 121 Å². The number of aliphatic hydroxyl groups is 2. The van der Waals surface area contributed by atoms with Crippen molar-refractivity contribution < 1.29 is 29.8 Å². The van der Waals surface area contributed by atoms with E-state index >= 15 is 0 Å². The van der Waals surface area contributed by atoms with Gasteiger partial charge in [0.2, 0.25) is 0 Å². The van der Waals surface area contributed by atoms with Crippen LogP contribution in [0.5, 0.6) is 0 Å².